The van der Waals surface area contributed by atoms with Crippen LogP contribution in [-0.4, -0.2) is 13.7 Å². The Balaban J connectivity index is 1.99. The van der Waals surface area contributed by atoms with Crippen molar-refractivity contribution in [2.75, 3.05) is 13.7 Å². The van der Waals surface area contributed by atoms with Crippen molar-refractivity contribution in [3.05, 3.63) is 65.0 Å². The molecule has 0 aromatic heterocycles. The van der Waals surface area contributed by atoms with E-state index in [0.717, 1.165) is 17.7 Å². The van der Waals surface area contributed by atoms with Crippen LogP contribution in [0, 0.1) is 12.7 Å². The Bertz CT molecular complexity index is 641. The fourth-order valence-corrected chi connectivity index (χ4v) is 3.12. The summed E-state index contributed by atoms with van der Waals surface area (Å²) in [5.74, 6) is 1.09. The molecule has 110 valence electrons. The van der Waals surface area contributed by atoms with E-state index < -0.39 is 0 Å². The molecule has 0 amide bonds. The minimum atomic E-state index is -0.145. The molecule has 2 atom stereocenters. The molecule has 0 saturated heterocycles. The summed E-state index contributed by atoms with van der Waals surface area (Å²) in [4.78, 5) is 0. The second kappa shape index (κ2) is 5.86. The average Bonchev–Trinajstić information content (AvgIpc) is 2.52. The summed E-state index contributed by atoms with van der Waals surface area (Å²) >= 11 is 0. The number of aryl methyl sites for hydroxylation is 1. The molecule has 2 nitrogen and oxygen atoms in total. The van der Waals surface area contributed by atoms with Crippen LogP contribution in [0.5, 0.6) is 5.75 Å². The summed E-state index contributed by atoms with van der Waals surface area (Å²) in [7, 11) is 1.93. The van der Waals surface area contributed by atoms with Crippen molar-refractivity contribution >= 4 is 0 Å². The first kappa shape index (κ1) is 14.1. The standard InChI is InChI=1S/C18H20FNO/c1-12-7-8-13(11-16(12)19)18(20-2)15-9-10-21-17-6-4-3-5-14(15)17/h3-8,11,15,18,20H,9-10H2,1-2H3. The number of ether oxygens (including phenoxy) is 1. The maximum absolute atomic E-state index is 13.9. The highest BCUT2D eigenvalue weighted by Gasteiger charge is 2.29. The molecule has 1 aliphatic rings. The minimum absolute atomic E-state index is 0.0881. The molecule has 3 heteroatoms. The highest BCUT2D eigenvalue weighted by atomic mass is 19.1. The van der Waals surface area contributed by atoms with Crippen LogP contribution in [0.3, 0.4) is 0 Å². The predicted octanol–water partition coefficient (Wildman–Crippen LogP) is 3.96. The van der Waals surface area contributed by atoms with E-state index in [1.165, 1.54) is 5.56 Å². The lowest BCUT2D eigenvalue weighted by atomic mass is 9.83. The van der Waals surface area contributed by atoms with Gasteiger partial charge in [-0.05, 0) is 49.2 Å². The highest BCUT2D eigenvalue weighted by molar-refractivity contribution is 5.40. The normalized spacial score (nSPS) is 18.7. The maximum Gasteiger partial charge on any atom is 0.126 e. The molecule has 1 heterocycles. The van der Waals surface area contributed by atoms with E-state index in [1.807, 2.05) is 37.4 Å². The van der Waals surface area contributed by atoms with Crippen molar-refractivity contribution in [1.82, 2.24) is 5.32 Å². The van der Waals surface area contributed by atoms with E-state index in [1.54, 1.807) is 13.0 Å². The van der Waals surface area contributed by atoms with E-state index in [9.17, 15) is 4.39 Å². The van der Waals surface area contributed by atoms with Crippen molar-refractivity contribution in [2.45, 2.75) is 25.3 Å². The van der Waals surface area contributed by atoms with Crippen LogP contribution in [0.25, 0.3) is 0 Å². The van der Waals surface area contributed by atoms with Crippen LogP contribution in [0.15, 0.2) is 42.5 Å². The molecular weight excluding hydrogens is 265 g/mol. The van der Waals surface area contributed by atoms with Gasteiger partial charge in [-0.1, -0.05) is 30.3 Å². The summed E-state index contributed by atoms with van der Waals surface area (Å²) < 4.78 is 19.6. The number of rotatable bonds is 3. The summed E-state index contributed by atoms with van der Waals surface area (Å²) in [6, 6.07) is 13.7. The van der Waals surface area contributed by atoms with Crippen LogP contribution < -0.4 is 10.1 Å². The monoisotopic (exact) mass is 285 g/mol. The van der Waals surface area contributed by atoms with Gasteiger partial charge in [-0.15, -0.1) is 0 Å². The van der Waals surface area contributed by atoms with Crippen molar-refractivity contribution in [3.63, 3.8) is 0 Å². The minimum Gasteiger partial charge on any atom is -0.493 e. The zero-order chi connectivity index (χ0) is 14.8. The van der Waals surface area contributed by atoms with Gasteiger partial charge in [-0.25, -0.2) is 4.39 Å². The molecule has 0 saturated carbocycles. The second-order valence-corrected chi connectivity index (χ2v) is 5.56. The van der Waals surface area contributed by atoms with Crippen molar-refractivity contribution < 1.29 is 9.13 Å². The van der Waals surface area contributed by atoms with Gasteiger partial charge in [0, 0.05) is 12.0 Å². The van der Waals surface area contributed by atoms with Gasteiger partial charge < -0.3 is 10.1 Å². The van der Waals surface area contributed by atoms with E-state index >= 15 is 0 Å². The van der Waals surface area contributed by atoms with Crippen LogP contribution in [0.2, 0.25) is 0 Å². The quantitative estimate of drug-likeness (QED) is 0.921. The number of hydrogen-bond donors (Lipinski definition) is 1. The molecule has 2 unspecified atom stereocenters. The zero-order valence-electron chi connectivity index (χ0n) is 12.4. The van der Waals surface area contributed by atoms with Crippen molar-refractivity contribution in [3.8, 4) is 5.75 Å². The largest absolute Gasteiger partial charge is 0.493 e. The molecule has 1 N–H and O–H groups in total. The molecule has 0 radical (unpaired) electrons. The van der Waals surface area contributed by atoms with Gasteiger partial charge in [0.1, 0.15) is 11.6 Å². The molecule has 0 bridgehead atoms. The fraction of sp³-hybridized carbons (Fsp3) is 0.333. The number of nitrogens with one attached hydrogen (secondary N) is 1. The SMILES string of the molecule is CNC(c1ccc(C)c(F)c1)C1CCOc2ccccc21. The molecule has 3 rings (SSSR count). The Morgan fingerprint density at radius 3 is 2.81 bits per heavy atom. The Morgan fingerprint density at radius 2 is 2.05 bits per heavy atom. The van der Waals surface area contributed by atoms with Crippen LogP contribution in [0.4, 0.5) is 4.39 Å². The van der Waals surface area contributed by atoms with Crippen LogP contribution in [0.1, 0.15) is 35.1 Å². The Labute approximate surface area is 125 Å². The zero-order valence-corrected chi connectivity index (χ0v) is 12.4. The molecule has 21 heavy (non-hydrogen) atoms. The van der Waals surface area contributed by atoms with E-state index in [-0.39, 0.29) is 11.9 Å². The van der Waals surface area contributed by atoms with Gasteiger partial charge in [0.2, 0.25) is 0 Å². The lowest BCUT2D eigenvalue weighted by molar-refractivity contribution is 0.248. The third-order valence-electron chi connectivity index (χ3n) is 4.27. The molecule has 2 aromatic carbocycles. The van der Waals surface area contributed by atoms with Gasteiger partial charge in [0.15, 0.2) is 0 Å². The van der Waals surface area contributed by atoms with Crippen LogP contribution in [-0.2, 0) is 0 Å². The fourth-order valence-electron chi connectivity index (χ4n) is 3.12. The van der Waals surface area contributed by atoms with Crippen molar-refractivity contribution in [1.29, 1.82) is 0 Å². The topological polar surface area (TPSA) is 21.3 Å². The number of hydrogen-bond acceptors (Lipinski definition) is 2. The molecule has 0 spiro atoms. The van der Waals surface area contributed by atoms with Crippen LogP contribution >= 0.6 is 0 Å². The van der Waals surface area contributed by atoms with Gasteiger partial charge in [0.25, 0.3) is 0 Å². The summed E-state index contributed by atoms with van der Waals surface area (Å²) in [5.41, 5.74) is 2.87. The Hall–Kier alpha value is -1.87. The third kappa shape index (κ3) is 2.66. The molecule has 1 aliphatic heterocycles. The summed E-state index contributed by atoms with van der Waals surface area (Å²) in [6.07, 6.45) is 0.929. The third-order valence-corrected chi connectivity index (χ3v) is 4.27. The number of benzene rings is 2. The first-order valence-electron chi connectivity index (χ1n) is 7.35. The number of fused-ring (bicyclic) bond motifs is 1. The Kier molecular flexibility index (Phi) is 3.93. The smallest absolute Gasteiger partial charge is 0.126 e. The van der Waals surface area contributed by atoms with Crippen molar-refractivity contribution in [2.24, 2.45) is 0 Å². The van der Waals surface area contributed by atoms with E-state index in [4.69, 9.17) is 4.74 Å². The number of halogens is 1. The summed E-state index contributed by atoms with van der Waals surface area (Å²) in [5, 5.41) is 3.35. The van der Waals surface area contributed by atoms with Gasteiger partial charge in [-0.3, -0.25) is 0 Å². The van der Waals surface area contributed by atoms with Gasteiger partial charge >= 0.3 is 0 Å². The first-order valence-corrected chi connectivity index (χ1v) is 7.35. The molecule has 0 aliphatic carbocycles. The highest BCUT2D eigenvalue weighted by Crippen LogP contribution is 2.41. The number of likely N-dealkylation sites (N-methyl/N-ethyl adjacent to an activating group) is 1. The average molecular weight is 285 g/mol. The lowest BCUT2D eigenvalue weighted by Gasteiger charge is -2.32. The molecular formula is C18H20FNO. The first-order chi connectivity index (χ1) is 10.2. The summed E-state index contributed by atoms with van der Waals surface area (Å²) in [6.45, 7) is 2.49. The van der Waals surface area contributed by atoms with Gasteiger partial charge in [-0.2, -0.15) is 0 Å². The van der Waals surface area contributed by atoms with Gasteiger partial charge in [0.05, 0.1) is 6.61 Å². The number of para-hydroxylation sites is 1. The maximum atomic E-state index is 13.9. The second-order valence-electron chi connectivity index (χ2n) is 5.56. The van der Waals surface area contributed by atoms with E-state index in [2.05, 4.69) is 11.4 Å². The molecule has 0 fully saturated rings. The van der Waals surface area contributed by atoms with E-state index in [0.29, 0.717) is 18.1 Å². The Morgan fingerprint density at radius 1 is 1.24 bits per heavy atom. The lowest BCUT2D eigenvalue weighted by Crippen LogP contribution is -2.28. The predicted molar refractivity (Wildman–Crippen MR) is 82.2 cm³/mol. The molecule has 2 aromatic rings.